The number of carbonyl (C=O) groups excluding carboxylic acids is 1. The number of hydrogen-bond donors (Lipinski definition) is 1. The maximum absolute atomic E-state index is 13.1. The van der Waals surface area contributed by atoms with Crippen molar-refractivity contribution < 1.29 is 18.0 Å². The highest BCUT2D eigenvalue weighted by molar-refractivity contribution is 7.98. The lowest BCUT2D eigenvalue weighted by molar-refractivity contribution is -0.137. The number of thioether (sulfide) groups is 1. The third kappa shape index (κ3) is 5.57. The van der Waals surface area contributed by atoms with Gasteiger partial charge in [-0.1, -0.05) is 72.4 Å². The molecule has 0 saturated heterocycles. The number of benzene rings is 4. The van der Waals surface area contributed by atoms with Gasteiger partial charge in [0.25, 0.3) is 5.91 Å². The molecule has 1 aromatic heterocycles. The first-order valence-corrected chi connectivity index (χ1v) is 12.8. The first kappa shape index (κ1) is 25.5. The van der Waals surface area contributed by atoms with Gasteiger partial charge in [0.2, 0.25) is 0 Å². The Hall–Kier alpha value is -4.11. The van der Waals surface area contributed by atoms with Gasteiger partial charge in [0.15, 0.2) is 11.0 Å². The molecule has 0 atom stereocenters. The third-order valence-corrected chi connectivity index (χ3v) is 7.05. The Morgan fingerprint density at radius 2 is 1.66 bits per heavy atom. The summed E-state index contributed by atoms with van der Waals surface area (Å²) in [5.41, 5.74) is 2.49. The first-order chi connectivity index (χ1) is 18.3. The molecule has 5 nitrogen and oxygen atoms in total. The summed E-state index contributed by atoms with van der Waals surface area (Å²) in [4.78, 5) is 13.1. The molecule has 0 aliphatic carbocycles. The maximum Gasteiger partial charge on any atom is 0.416 e. The molecule has 5 aromatic rings. The number of aryl methyl sites for hydroxylation is 1. The molecular formula is C29H23F3N4OS. The summed E-state index contributed by atoms with van der Waals surface area (Å²) in [5.74, 6) is 0.725. The van der Waals surface area contributed by atoms with Crippen molar-refractivity contribution in [1.82, 2.24) is 20.1 Å². The average molecular weight is 533 g/mol. The van der Waals surface area contributed by atoms with Crippen LogP contribution in [0.5, 0.6) is 0 Å². The number of carbonyl (C=O) groups is 1. The Labute approximate surface area is 221 Å². The van der Waals surface area contributed by atoms with Crippen molar-refractivity contribution in [2.75, 3.05) is 0 Å². The van der Waals surface area contributed by atoms with Crippen molar-refractivity contribution in [3.63, 3.8) is 0 Å². The number of hydrogen-bond acceptors (Lipinski definition) is 4. The molecule has 192 valence electrons. The van der Waals surface area contributed by atoms with Gasteiger partial charge >= 0.3 is 6.18 Å². The highest BCUT2D eigenvalue weighted by atomic mass is 32.2. The number of aromatic nitrogens is 3. The monoisotopic (exact) mass is 532 g/mol. The Morgan fingerprint density at radius 3 is 2.42 bits per heavy atom. The molecule has 0 unspecified atom stereocenters. The van der Waals surface area contributed by atoms with E-state index >= 15 is 0 Å². The summed E-state index contributed by atoms with van der Waals surface area (Å²) in [6.45, 7) is 2.12. The van der Waals surface area contributed by atoms with Crippen LogP contribution in [0.25, 0.3) is 16.5 Å². The van der Waals surface area contributed by atoms with Crippen LogP contribution in [0, 0.1) is 6.92 Å². The van der Waals surface area contributed by atoms with Crippen molar-refractivity contribution in [3.8, 4) is 5.69 Å². The van der Waals surface area contributed by atoms with Crippen molar-refractivity contribution in [1.29, 1.82) is 0 Å². The molecule has 0 bridgehead atoms. The number of fused-ring (bicyclic) bond motifs is 1. The van der Waals surface area contributed by atoms with Gasteiger partial charge in [-0.15, -0.1) is 10.2 Å². The lowest BCUT2D eigenvalue weighted by atomic mass is 10.0. The van der Waals surface area contributed by atoms with Crippen molar-refractivity contribution in [3.05, 3.63) is 119 Å². The van der Waals surface area contributed by atoms with E-state index in [1.54, 1.807) is 6.07 Å². The van der Waals surface area contributed by atoms with Crippen LogP contribution in [0.3, 0.4) is 0 Å². The molecule has 1 N–H and O–H groups in total. The Bertz CT molecular complexity index is 1590. The predicted octanol–water partition coefficient (Wildman–Crippen LogP) is 6.97. The third-order valence-electron chi connectivity index (χ3n) is 6.05. The van der Waals surface area contributed by atoms with Gasteiger partial charge in [0.1, 0.15) is 0 Å². The van der Waals surface area contributed by atoms with Gasteiger partial charge < -0.3 is 5.32 Å². The van der Waals surface area contributed by atoms with E-state index in [0.717, 1.165) is 39.7 Å². The fourth-order valence-electron chi connectivity index (χ4n) is 4.15. The fourth-order valence-corrected chi connectivity index (χ4v) is 5.08. The zero-order valence-corrected chi connectivity index (χ0v) is 21.2. The normalized spacial score (nSPS) is 11.6. The second-order valence-electron chi connectivity index (χ2n) is 8.77. The summed E-state index contributed by atoms with van der Waals surface area (Å²) in [6.07, 6.45) is -4.37. The number of amides is 1. The van der Waals surface area contributed by atoms with Crippen molar-refractivity contribution in [2.45, 2.75) is 30.6 Å². The Balaban J connectivity index is 1.38. The Kier molecular flexibility index (Phi) is 7.20. The smallest absolute Gasteiger partial charge is 0.345 e. The van der Waals surface area contributed by atoms with Crippen LogP contribution in [-0.2, 0) is 18.5 Å². The first-order valence-electron chi connectivity index (χ1n) is 11.9. The Morgan fingerprint density at radius 1 is 0.921 bits per heavy atom. The maximum atomic E-state index is 13.1. The van der Waals surface area contributed by atoms with Crippen LogP contribution in [-0.4, -0.2) is 20.7 Å². The number of rotatable bonds is 7. The highest BCUT2D eigenvalue weighted by Gasteiger charge is 2.30. The second-order valence-corrected chi connectivity index (χ2v) is 9.71. The molecular weight excluding hydrogens is 509 g/mol. The average Bonchev–Trinajstić information content (AvgIpc) is 3.32. The second kappa shape index (κ2) is 10.7. The van der Waals surface area contributed by atoms with Crippen LogP contribution in [0.4, 0.5) is 13.2 Å². The molecule has 0 aliphatic heterocycles. The van der Waals surface area contributed by atoms with Crippen molar-refractivity contribution in [2.24, 2.45) is 0 Å². The van der Waals surface area contributed by atoms with E-state index in [1.165, 1.54) is 23.9 Å². The number of alkyl halides is 3. The molecule has 38 heavy (non-hydrogen) atoms. The summed E-state index contributed by atoms with van der Waals surface area (Å²) in [6, 6.07) is 26.2. The SMILES string of the molecule is Cc1cccc(-n2c(CNC(=O)c3cccc4ccccc34)nnc2SCc2ccc(C(F)(F)F)cc2)c1. The minimum atomic E-state index is -4.37. The number of halogens is 3. The van der Waals surface area contributed by atoms with E-state index in [-0.39, 0.29) is 12.5 Å². The molecule has 5 rings (SSSR count). The van der Waals surface area contributed by atoms with Crippen LogP contribution in [0.15, 0.2) is 96.2 Å². The lowest BCUT2D eigenvalue weighted by Gasteiger charge is -2.12. The lowest BCUT2D eigenvalue weighted by Crippen LogP contribution is -2.25. The zero-order valence-electron chi connectivity index (χ0n) is 20.4. The highest BCUT2D eigenvalue weighted by Crippen LogP contribution is 2.31. The zero-order chi connectivity index (χ0) is 26.7. The molecule has 1 heterocycles. The number of nitrogens with one attached hydrogen (secondary N) is 1. The van der Waals surface area contributed by atoms with Gasteiger partial charge in [0.05, 0.1) is 12.1 Å². The van der Waals surface area contributed by atoms with Crippen LogP contribution < -0.4 is 5.32 Å². The van der Waals surface area contributed by atoms with Gasteiger partial charge in [0, 0.05) is 17.0 Å². The van der Waals surface area contributed by atoms with E-state index in [4.69, 9.17) is 0 Å². The predicted molar refractivity (Wildman–Crippen MR) is 142 cm³/mol. The summed E-state index contributed by atoms with van der Waals surface area (Å²) >= 11 is 1.36. The van der Waals surface area contributed by atoms with Gasteiger partial charge in [-0.2, -0.15) is 13.2 Å². The van der Waals surface area contributed by atoms with E-state index in [2.05, 4.69) is 15.5 Å². The molecule has 0 spiro atoms. The molecule has 9 heteroatoms. The van der Waals surface area contributed by atoms with Gasteiger partial charge in [-0.3, -0.25) is 9.36 Å². The van der Waals surface area contributed by atoms with Crippen LogP contribution in [0.2, 0.25) is 0 Å². The van der Waals surface area contributed by atoms with Crippen molar-refractivity contribution >= 4 is 28.4 Å². The molecule has 1 amide bonds. The standard InChI is InChI=1S/C29H23F3N4OS/c1-19-6-4-9-23(16-19)36-26(17-33-27(37)25-11-5-8-21-7-2-3-10-24(21)25)34-35-28(36)38-18-20-12-14-22(15-13-20)29(30,31)32/h2-16H,17-18H2,1H3,(H,33,37). The molecule has 0 radical (unpaired) electrons. The minimum absolute atomic E-state index is 0.143. The van der Waals surface area contributed by atoms with Crippen LogP contribution in [0.1, 0.15) is 32.9 Å². The number of nitrogens with zero attached hydrogens (tertiary/aromatic N) is 3. The molecule has 0 fully saturated rings. The summed E-state index contributed by atoms with van der Waals surface area (Å²) in [5, 5.41) is 14.1. The quantitative estimate of drug-likeness (QED) is 0.230. The van der Waals surface area contributed by atoms with Gasteiger partial charge in [-0.25, -0.2) is 0 Å². The van der Waals surface area contributed by atoms with Crippen LogP contribution >= 0.6 is 11.8 Å². The summed E-state index contributed by atoms with van der Waals surface area (Å²) in [7, 11) is 0. The molecule has 0 saturated carbocycles. The topological polar surface area (TPSA) is 59.8 Å². The van der Waals surface area contributed by atoms with E-state index in [9.17, 15) is 18.0 Å². The summed E-state index contributed by atoms with van der Waals surface area (Å²) < 4.78 is 40.6. The van der Waals surface area contributed by atoms with E-state index < -0.39 is 11.7 Å². The molecule has 4 aromatic carbocycles. The molecule has 0 aliphatic rings. The van der Waals surface area contributed by atoms with E-state index in [1.807, 2.05) is 72.2 Å². The minimum Gasteiger partial charge on any atom is -0.345 e. The fraction of sp³-hybridized carbons (Fsp3) is 0.138. The van der Waals surface area contributed by atoms with Gasteiger partial charge in [-0.05, 0) is 59.2 Å². The van der Waals surface area contributed by atoms with E-state index in [0.29, 0.717) is 22.3 Å². The largest absolute Gasteiger partial charge is 0.416 e.